The summed E-state index contributed by atoms with van der Waals surface area (Å²) >= 11 is 1.39. The van der Waals surface area contributed by atoms with Gasteiger partial charge in [0.15, 0.2) is 0 Å². The second-order valence-electron chi connectivity index (χ2n) is 4.27. The largest absolute Gasteiger partial charge is 0.463 e. The number of ether oxygens (including phenoxy) is 1. The molecule has 0 unspecified atom stereocenters. The fourth-order valence-electron chi connectivity index (χ4n) is 1.46. The zero-order valence-corrected chi connectivity index (χ0v) is 13.1. The van der Waals surface area contributed by atoms with Crippen LogP contribution in [0.25, 0.3) is 0 Å². The molecule has 6 nitrogen and oxygen atoms in total. The minimum atomic E-state index is 0.351. The van der Waals surface area contributed by atoms with Gasteiger partial charge in [0.05, 0.1) is 6.61 Å². The van der Waals surface area contributed by atoms with Gasteiger partial charge in [0.1, 0.15) is 5.03 Å². The Morgan fingerprint density at radius 1 is 1.14 bits per heavy atom. The summed E-state index contributed by atoms with van der Waals surface area (Å²) < 4.78 is 5.52. The summed E-state index contributed by atoms with van der Waals surface area (Å²) in [6.45, 7) is 5.53. The Labute approximate surface area is 128 Å². The van der Waals surface area contributed by atoms with Gasteiger partial charge in [-0.1, -0.05) is 19.9 Å². The summed E-state index contributed by atoms with van der Waals surface area (Å²) in [6.07, 6.45) is 3.65. The van der Waals surface area contributed by atoms with Crippen molar-refractivity contribution in [2.45, 2.75) is 36.9 Å². The fraction of sp³-hybridized carbons (Fsp3) is 0.429. The van der Waals surface area contributed by atoms with Crippen molar-refractivity contribution in [1.82, 2.24) is 19.9 Å². The first-order valence-corrected chi connectivity index (χ1v) is 7.85. The van der Waals surface area contributed by atoms with E-state index in [9.17, 15) is 0 Å². The third-order valence-corrected chi connectivity index (χ3v) is 3.21. The van der Waals surface area contributed by atoms with Gasteiger partial charge in [-0.25, -0.2) is 4.98 Å². The zero-order valence-electron chi connectivity index (χ0n) is 12.2. The molecule has 0 aromatic carbocycles. The van der Waals surface area contributed by atoms with Crippen molar-refractivity contribution in [1.29, 1.82) is 0 Å². The molecule has 2 aromatic heterocycles. The molecule has 21 heavy (non-hydrogen) atoms. The third-order valence-electron chi connectivity index (χ3n) is 2.40. The molecule has 2 rings (SSSR count). The van der Waals surface area contributed by atoms with Crippen LogP contribution in [0.2, 0.25) is 0 Å². The molecule has 2 aromatic rings. The van der Waals surface area contributed by atoms with Crippen LogP contribution >= 0.6 is 11.8 Å². The van der Waals surface area contributed by atoms with Crippen molar-refractivity contribution in [3.8, 4) is 6.01 Å². The van der Waals surface area contributed by atoms with E-state index in [1.165, 1.54) is 11.8 Å². The van der Waals surface area contributed by atoms with E-state index in [1.807, 2.05) is 25.1 Å². The lowest BCUT2D eigenvalue weighted by Gasteiger charge is -2.08. The van der Waals surface area contributed by atoms with E-state index in [2.05, 4.69) is 32.2 Å². The minimum absolute atomic E-state index is 0.351. The van der Waals surface area contributed by atoms with Gasteiger partial charge in [-0.3, -0.25) is 0 Å². The highest BCUT2D eigenvalue weighted by atomic mass is 32.2. The van der Waals surface area contributed by atoms with E-state index in [-0.39, 0.29) is 0 Å². The van der Waals surface area contributed by atoms with Crippen LogP contribution in [0, 0.1) is 0 Å². The van der Waals surface area contributed by atoms with Crippen LogP contribution in [0.3, 0.4) is 0 Å². The number of rotatable bonds is 8. The Kier molecular flexibility index (Phi) is 6.21. The molecule has 0 aliphatic rings. The average molecular weight is 305 g/mol. The lowest BCUT2D eigenvalue weighted by molar-refractivity contribution is 0.288. The maximum absolute atomic E-state index is 5.52. The second kappa shape index (κ2) is 8.41. The summed E-state index contributed by atoms with van der Waals surface area (Å²) in [7, 11) is 0. The molecule has 1 N–H and O–H groups in total. The Bertz CT molecular complexity index is 526. The third kappa shape index (κ3) is 5.18. The van der Waals surface area contributed by atoms with Crippen molar-refractivity contribution in [2.24, 2.45) is 0 Å². The molecular formula is C14H19N5OS. The fourth-order valence-corrected chi connectivity index (χ4v) is 2.16. The molecule has 0 saturated heterocycles. The molecule has 112 valence electrons. The average Bonchev–Trinajstić information content (AvgIpc) is 2.52. The van der Waals surface area contributed by atoms with E-state index < -0.39 is 0 Å². The predicted octanol–water partition coefficient (Wildman–Crippen LogP) is 3.03. The van der Waals surface area contributed by atoms with Gasteiger partial charge in [-0.05, 0) is 36.7 Å². The second-order valence-corrected chi connectivity index (χ2v) is 5.26. The highest BCUT2D eigenvalue weighted by molar-refractivity contribution is 7.99. The van der Waals surface area contributed by atoms with Gasteiger partial charge in [-0.15, -0.1) is 0 Å². The Morgan fingerprint density at radius 3 is 2.76 bits per heavy atom. The zero-order chi connectivity index (χ0) is 14.9. The molecule has 2 heterocycles. The number of hydrogen-bond donors (Lipinski definition) is 1. The maximum atomic E-state index is 5.52. The number of anilines is 1. The Morgan fingerprint density at radius 2 is 2.05 bits per heavy atom. The molecule has 0 radical (unpaired) electrons. The van der Waals surface area contributed by atoms with Crippen LogP contribution in [-0.2, 0) is 0 Å². The van der Waals surface area contributed by atoms with Crippen molar-refractivity contribution in [2.75, 3.05) is 18.5 Å². The highest BCUT2D eigenvalue weighted by Crippen LogP contribution is 2.24. The van der Waals surface area contributed by atoms with Gasteiger partial charge in [0, 0.05) is 12.7 Å². The van der Waals surface area contributed by atoms with Gasteiger partial charge in [-0.2, -0.15) is 15.0 Å². The van der Waals surface area contributed by atoms with Crippen LogP contribution in [0.5, 0.6) is 6.01 Å². The molecule has 0 atom stereocenters. The summed E-state index contributed by atoms with van der Waals surface area (Å²) in [5.74, 6) is 0.538. The van der Waals surface area contributed by atoms with Crippen molar-refractivity contribution >= 4 is 17.7 Å². The number of nitrogens with one attached hydrogen (secondary N) is 1. The molecular weight excluding hydrogens is 286 g/mol. The van der Waals surface area contributed by atoms with Crippen molar-refractivity contribution < 1.29 is 4.74 Å². The quantitative estimate of drug-likeness (QED) is 0.803. The number of hydrogen-bond acceptors (Lipinski definition) is 7. The molecule has 0 aliphatic heterocycles. The van der Waals surface area contributed by atoms with Crippen molar-refractivity contribution in [3.63, 3.8) is 0 Å². The van der Waals surface area contributed by atoms with Crippen LogP contribution in [0.4, 0.5) is 5.95 Å². The number of pyridine rings is 1. The molecule has 0 spiro atoms. The first kappa shape index (κ1) is 15.5. The minimum Gasteiger partial charge on any atom is -0.463 e. The van der Waals surface area contributed by atoms with E-state index in [1.54, 1.807) is 6.20 Å². The van der Waals surface area contributed by atoms with E-state index in [0.717, 1.165) is 24.4 Å². The lowest BCUT2D eigenvalue weighted by atomic mass is 10.5. The van der Waals surface area contributed by atoms with Gasteiger partial charge in [0.25, 0.3) is 0 Å². The van der Waals surface area contributed by atoms with E-state index in [0.29, 0.717) is 23.7 Å². The SMILES string of the molecule is CCCNc1nc(OCCC)nc(Sc2ccccn2)n1. The summed E-state index contributed by atoms with van der Waals surface area (Å²) in [6, 6.07) is 6.08. The molecule has 0 saturated carbocycles. The monoisotopic (exact) mass is 305 g/mol. The molecule has 7 heteroatoms. The number of aromatic nitrogens is 4. The van der Waals surface area contributed by atoms with Crippen LogP contribution in [0.1, 0.15) is 26.7 Å². The Balaban J connectivity index is 2.17. The van der Waals surface area contributed by atoms with Crippen LogP contribution < -0.4 is 10.1 Å². The molecule has 0 fully saturated rings. The first-order chi connectivity index (χ1) is 10.3. The first-order valence-electron chi connectivity index (χ1n) is 7.03. The normalized spacial score (nSPS) is 10.4. The maximum Gasteiger partial charge on any atom is 0.322 e. The predicted molar refractivity (Wildman–Crippen MR) is 82.8 cm³/mol. The summed E-state index contributed by atoms with van der Waals surface area (Å²) in [5, 5.41) is 4.58. The van der Waals surface area contributed by atoms with Crippen LogP contribution in [-0.4, -0.2) is 33.1 Å². The number of nitrogens with zero attached hydrogens (tertiary/aromatic N) is 4. The van der Waals surface area contributed by atoms with Gasteiger partial charge in [0.2, 0.25) is 11.1 Å². The van der Waals surface area contributed by atoms with E-state index in [4.69, 9.17) is 4.74 Å². The van der Waals surface area contributed by atoms with Gasteiger partial charge >= 0.3 is 6.01 Å². The standard InChI is InChI=1S/C14H19N5OS/c1-3-8-16-12-17-13(20-10-4-2)19-14(18-12)21-11-7-5-6-9-15-11/h5-7,9H,3-4,8,10H2,1-2H3,(H,16,17,18,19). The lowest BCUT2D eigenvalue weighted by Crippen LogP contribution is -2.09. The molecule has 0 bridgehead atoms. The topological polar surface area (TPSA) is 72.8 Å². The highest BCUT2D eigenvalue weighted by Gasteiger charge is 2.09. The van der Waals surface area contributed by atoms with E-state index >= 15 is 0 Å². The molecule has 0 amide bonds. The van der Waals surface area contributed by atoms with Crippen LogP contribution in [0.15, 0.2) is 34.6 Å². The van der Waals surface area contributed by atoms with Crippen molar-refractivity contribution in [3.05, 3.63) is 24.4 Å². The Hall–Kier alpha value is -1.89. The van der Waals surface area contributed by atoms with Gasteiger partial charge < -0.3 is 10.1 Å². The smallest absolute Gasteiger partial charge is 0.322 e. The summed E-state index contributed by atoms with van der Waals surface area (Å²) in [4.78, 5) is 17.2. The molecule has 0 aliphatic carbocycles. The summed E-state index contributed by atoms with van der Waals surface area (Å²) in [5.41, 5.74) is 0.